The van der Waals surface area contributed by atoms with E-state index in [2.05, 4.69) is 24.4 Å². The fourth-order valence-electron chi connectivity index (χ4n) is 3.70. The van der Waals surface area contributed by atoms with Gasteiger partial charge in [-0.3, -0.25) is 9.59 Å². The monoisotopic (exact) mass is 343 g/mol. The van der Waals surface area contributed by atoms with Crippen LogP contribution in [0.2, 0.25) is 0 Å². The number of amides is 2. The minimum Gasteiger partial charge on any atom is -0.382 e. The van der Waals surface area contributed by atoms with Crippen LogP contribution < -0.4 is 5.32 Å². The van der Waals surface area contributed by atoms with Crippen LogP contribution in [0.1, 0.15) is 44.1 Å². The zero-order valence-corrected chi connectivity index (χ0v) is 15.2. The van der Waals surface area contributed by atoms with Gasteiger partial charge >= 0.3 is 0 Å². The van der Waals surface area contributed by atoms with Gasteiger partial charge in [-0.2, -0.15) is 0 Å². The van der Waals surface area contributed by atoms with Crippen molar-refractivity contribution in [1.29, 1.82) is 0 Å². The predicted molar refractivity (Wildman–Crippen MR) is 99.5 cm³/mol. The Labute approximate surface area is 150 Å². The lowest BCUT2D eigenvalue weighted by atomic mass is 10.0. The number of aryl methyl sites for hydroxylation is 1. The second kappa shape index (κ2) is 8.37. The molecular formula is C20H29N3O2. The molecule has 0 spiro atoms. The van der Waals surface area contributed by atoms with E-state index in [4.69, 9.17) is 0 Å². The fraction of sp³-hybridized carbons (Fsp3) is 0.600. The van der Waals surface area contributed by atoms with E-state index < -0.39 is 0 Å². The highest BCUT2D eigenvalue weighted by atomic mass is 16.2. The van der Waals surface area contributed by atoms with E-state index in [0.717, 1.165) is 51.7 Å². The molecule has 5 heteroatoms. The van der Waals surface area contributed by atoms with Gasteiger partial charge in [0.2, 0.25) is 11.8 Å². The highest BCUT2D eigenvalue weighted by molar-refractivity contribution is 5.85. The van der Waals surface area contributed by atoms with Crippen LogP contribution >= 0.6 is 0 Å². The Kier molecular flexibility index (Phi) is 5.95. The number of hydrogen-bond donors (Lipinski definition) is 1. The lowest BCUT2D eigenvalue weighted by Gasteiger charge is -2.34. The van der Waals surface area contributed by atoms with Crippen molar-refractivity contribution < 1.29 is 9.59 Å². The smallest absolute Gasteiger partial charge is 0.242 e. The van der Waals surface area contributed by atoms with Crippen LogP contribution in [-0.4, -0.2) is 53.8 Å². The van der Waals surface area contributed by atoms with Gasteiger partial charge in [-0.25, -0.2) is 0 Å². The molecule has 25 heavy (non-hydrogen) atoms. The molecule has 0 radical (unpaired) electrons. The van der Waals surface area contributed by atoms with Crippen LogP contribution in [0.3, 0.4) is 0 Å². The van der Waals surface area contributed by atoms with Crippen molar-refractivity contribution in [2.24, 2.45) is 0 Å². The molecule has 0 bridgehead atoms. The molecular weight excluding hydrogens is 314 g/mol. The number of likely N-dealkylation sites (tertiary alicyclic amines) is 2. The van der Waals surface area contributed by atoms with E-state index in [0.29, 0.717) is 12.5 Å². The Morgan fingerprint density at radius 2 is 1.88 bits per heavy atom. The number of nitrogens with one attached hydrogen (secondary N) is 1. The first kappa shape index (κ1) is 17.8. The van der Waals surface area contributed by atoms with E-state index in [1.54, 1.807) is 4.90 Å². The normalized spacial score (nSPS) is 19.6. The maximum Gasteiger partial charge on any atom is 0.242 e. The number of hydrogen-bond acceptors (Lipinski definition) is 3. The van der Waals surface area contributed by atoms with Gasteiger partial charge in [0.25, 0.3) is 0 Å². The summed E-state index contributed by atoms with van der Waals surface area (Å²) in [6, 6.07) is 8.72. The standard InChI is InChI=1S/C20H29N3O2/c1-16-7-4-5-8-18(16)21-17-10-13-22(14-11-17)20(25)15-23-12-6-2-3-9-19(23)24/h4-5,7-8,17,21H,2-3,6,9-15H2,1H3. The molecule has 1 aromatic carbocycles. The van der Waals surface area contributed by atoms with E-state index in [1.165, 1.54) is 11.3 Å². The van der Waals surface area contributed by atoms with Crippen molar-refractivity contribution in [3.8, 4) is 0 Å². The number of para-hydroxylation sites is 1. The number of rotatable bonds is 4. The molecule has 0 aromatic heterocycles. The summed E-state index contributed by atoms with van der Waals surface area (Å²) in [6.45, 7) is 4.64. The third-order valence-electron chi connectivity index (χ3n) is 5.35. The lowest BCUT2D eigenvalue weighted by molar-refractivity contribution is -0.140. The van der Waals surface area contributed by atoms with E-state index in [1.807, 2.05) is 17.0 Å². The van der Waals surface area contributed by atoms with Gasteiger partial charge < -0.3 is 15.1 Å². The van der Waals surface area contributed by atoms with Gasteiger partial charge in [-0.15, -0.1) is 0 Å². The summed E-state index contributed by atoms with van der Waals surface area (Å²) in [5.74, 6) is 0.242. The molecule has 0 saturated carbocycles. The SMILES string of the molecule is Cc1ccccc1NC1CCN(C(=O)CN2CCCCCC2=O)CC1. The van der Waals surface area contributed by atoms with Crippen LogP contribution in [0.25, 0.3) is 0 Å². The first-order chi connectivity index (χ1) is 12.1. The first-order valence-corrected chi connectivity index (χ1v) is 9.51. The largest absolute Gasteiger partial charge is 0.382 e. The number of piperidine rings is 1. The summed E-state index contributed by atoms with van der Waals surface area (Å²) in [5.41, 5.74) is 2.43. The van der Waals surface area contributed by atoms with Crippen LogP contribution in [0, 0.1) is 6.92 Å². The molecule has 3 rings (SSSR count). The topological polar surface area (TPSA) is 52.7 Å². The third kappa shape index (κ3) is 4.74. The van der Waals surface area contributed by atoms with E-state index in [9.17, 15) is 9.59 Å². The molecule has 0 aliphatic carbocycles. The molecule has 0 unspecified atom stereocenters. The molecule has 2 heterocycles. The summed E-state index contributed by atoms with van der Waals surface area (Å²) < 4.78 is 0. The van der Waals surface area contributed by atoms with Crippen molar-refractivity contribution >= 4 is 17.5 Å². The number of carbonyl (C=O) groups excluding carboxylic acids is 2. The zero-order chi connectivity index (χ0) is 17.6. The van der Waals surface area contributed by atoms with Gasteiger partial charge in [0.05, 0.1) is 6.54 Å². The Hall–Kier alpha value is -2.04. The van der Waals surface area contributed by atoms with Crippen molar-refractivity contribution in [3.05, 3.63) is 29.8 Å². The Morgan fingerprint density at radius 3 is 2.64 bits per heavy atom. The van der Waals surface area contributed by atoms with Gasteiger partial charge in [0.1, 0.15) is 0 Å². The fourth-order valence-corrected chi connectivity index (χ4v) is 3.70. The molecule has 136 valence electrons. The molecule has 2 amide bonds. The number of benzene rings is 1. The summed E-state index contributed by atoms with van der Waals surface area (Å²) in [6.07, 6.45) is 5.56. The quantitative estimate of drug-likeness (QED) is 0.915. The molecule has 2 aliphatic heterocycles. The average Bonchev–Trinajstić information content (AvgIpc) is 2.82. The van der Waals surface area contributed by atoms with Crippen LogP contribution in [0.5, 0.6) is 0 Å². The van der Waals surface area contributed by atoms with Crippen LogP contribution in [0.4, 0.5) is 5.69 Å². The predicted octanol–water partition coefficient (Wildman–Crippen LogP) is 2.80. The molecule has 5 nitrogen and oxygen atoms in total. The maximum absolute atomic E-state index is 12.6. The lowest BCUT2D eigenvalue weighted by Crippen LogP contribution is -2.47. The second-order valence-electron chi connectivity index (χ2n) is 7.24. The number of nitrogens with zero attached hydrogens (tertiary/aromatic N) is 2. The van der Waals surface area contributed by atoms with Crippen molar-refractivity contribution in [2.45, 2.75) is 51.5 Å². The van der Waals surface area contributed by atoms with Gasteiger partial charge in [-0.1, -0.05) is 24.6 Å². The van der Waals surface area contributed by atoms with E-state index >= 15 is 0 Å². The summed E-state index contributed by atoms with van der Waals surface area (Å²) in [7, 11) is 0. The van der Waals surface area contributed by atoms with Crippen molar-refractivity contribution in [2.75, 3.05) is 31.5 Å². The minimum atomic E-state index is 0.101. The highest BCUT2D eigenvalue weighted by Crippen LogP contribution is 2.20. The van der Waals surface area contributed by atoms with Crippen molar-refractivity contribution in [3.63, 3.8) is 0 Å². The van der Waals surface area contributed by atoms with Crippen LogP contribution in [-0.2, 0) is 9.59 Å². The summed E-state index contributed by atoms with van der Waals surface area (Å²) >= 11 is 0. The third-order valence-corrected chi connectivity index (χ3v) is 5.35. The Balaban J connectivity index is 1.47. The molecule has 0 atom stereocenters. The highest BCUT2D eigenvalue weighted by Gasteiger charge is 2.26. The Morgan fingerprint density at radius 1 is 1.12 bits per heavy atom. The molecule has 2 saturated heterocycles. The molecule has 1 N–H and O–H groups in total. The van der Waals surface area contributed by atoms with Gasteiger partial charge in [0, 0.05) is 37.8 Å². The molecule has 1 aromatic rings. The second-order valence-corrected chi connectivity index (χ2v) is 7.24. The van der Waals surface area contributed by atoms with Gasteiger partial charge in [-0.05, 0) is 44.2 Å². The Bertz CT molecular complexity index is 609. The minimum absolute atomic E-state index is 0.101. The zero-order valence-electron chi connectivity index (χ0n) is 15.2. The maximum atomic E-state index is 12.6. The molecule has 2 fully saturated rings. The number of anilines is 1. The summed E-state index contributed by atoms with van der Waals surface area (Å²) in [4.78, 5) is 28.3. The van der Waals surface area contributed by atoms with Gasteiger partial charge in [0.15, 0.2) is 0 Å². The summed E-state index contributed by atoms with van der Waals surface area (Å²) in [5, 5.41) is 3.60. The number of carbonyl (C=O) groups is 2. The van der Waals surface area contributed by atoms with Crippen molar-refractivity contribution in [1.82, 2.24) is 9.80 Å². The first-order valence-electron chi connectivity index (χ1n) is 9.51. The van der Waals surface area contributed by atoms with Crippen LogP contribution in [0.15, 0.2) is 24.3 Å². The van der Waals surface area contributed by atoms with E-state index in [-0.39, 0.29) is 18.4 Å². The average molecular weight is 343 g/mol. The molecule has 2 aliphatic rings.